The van der Waals surface area contributed by atoms with E-state index >= 15 is 0 Å². The number of nitrogens with zero attached hydrogens (tertiary/aromatic N) is 3. The smallest absolute Gasteiger partial charge is 0.191 e. The van der Waals surface area contributed by atoms with Crippen LogP contribution < -0.4 is 20.1 Å². The van der Waals surface area contributed by atoms with Crippen molar-refractivity contribution in [3.8, 4) is 23.8 Å². The first-order valence-electron chi connectivity index (χ1n) is 9.39. The Balaban J connectivity index is 0.00000320. The third kappa shape index (κ3) is 6.16. The van der Waals surface area contributed by atoms with Crippen LogP contribution >= 0.6 is 24.0 Å². The average molecular weight is 524 g/mol. The number of methoxy groups -OCH3 is 1. The van der Waals surface area contributed by atoms with Crippen molar-refractivity contribution >= 4 is 35.6 Å². The minimum Gasteiger partial charge on any atom is -0.493 e. The van der Waals surface area contributed by atoms with E-state index in [1.54, 1.807) is 19.2 Å². The van der Waals surface area contributed by atoms with Gasteiger partial charge in [0.25, 0.3) is 0 Å². The molecule has 1 heterocycles. The Labute approximate surface area is 193 Å². The first-order chi connectivity index (χ1) is 14.1. The second-order valence-corrected chi connectivity index (χ2v) is 6.60. The van der Waals surface area contributed by atoms with E-state index in [2.05, 4.69) is 20.7 Å². The molecule has 0 atom stereocenters. The van der Waals surface area contributed by atoms with Crippen LogP contribution in [0.5, 0.6) is 11.5 Å². The zero-order chi connectivity index (χ0) is 20.6. The molecule has 1 fully saturated rings. The number of ether oxygens (including phenoxy) is 2. The number of guanidine groups is 1. The molecule has 3 rings (SSSR count). The summed E-state index contributed by atoms with van der Waals surface area (Å²) < 4.78 is 23.9. The maximum Gasteiger partial charge on any atom is 0.191 e. The summed E-state index contributed by atoms with van der Waals surface area (Å²) in [7, 11) is 1.58. The average Bonchev–Trinajstić information content (AvgIpc) is 2.76. The summed E-state index contributed by atoms with van der Waals surface area (Å²) >= 11 is 0. The topological polar surface area (TPSA) is 63.3 Å². The molecule has 0 bridgehead atoms. The third-order valence-corrected chi connectivity index (χ3v) is 4.76. The van der Waals surface area contributed by atoms with Gasteiger partial charge in [0.05, 0.1) is 13.7 Å². The number of anilines is 1. The van der Waals surface area contributed by atoms with Crippen LogP contribution in [0.4, 0.5) is 10.1 Å². The van der Waals surface area contributed by atoms with Gasteiger partial charge >= 0.3 is 0 Å². The van der Waals surface area contributed by atoms with Crippen LogP contribution in [0.1, 0.15) is 5.56 Å². The number of hydrogen-bond acceptors (Lipinski definition) is 4. The van der Waals surface area contributed by atoms with Crippen LogP contribution in [0.3, 0.4) is 0 Å². The summed E-state index contributed by atoms with van der Waals surface area (Å²) in [6.07, 6.45) is 5.26. The van der Waals surface area contributed by atoms with Crippen molar-refractivity contribution in [3.05, 3.63) is 53.8 Å². The van der Waals surface area contributed by atoms with Gasteiger partial charge in [-0.1, -0.05) is 12.0 Å². The highest BCUT2D eigenvalue weighted by Crippen LogP contribution is 2.28. The summed E-state index contributed by atoms with van der Waals surface area (Å²) in [5.41, 5.74) is 8.16. The molecule has 0 aliphatic carbocycles. The molecule has 0 unspecified atom stereocenters. The van der Waals surface area contributed by atoms with E-state index in [1.807, 2.05) is 18.2 Å². The van der Waals surface area contributed by atoms with E-state index in [0.717, 1.165) is 37.4 Å². The van der Waals surface area contributed by atoms with Crippen molar-refractivity contribution in [1.29, 1.82) is 0 Å². The van der Waals surface area contributed by atoms with Crippen LogP contribution in [-0.4, -0.2) is 50.8 Å². The molecule has 0 aromatic heterocycles. The summed E-state index contributed by atoms with van der Waals surface area (Å²) in [6, 6.07) is 12.2. The molecular formula is C22H26FIN4O2. The van der Waals surface area contributed by atoms with Gasteiger partial charge in [-0.05, 0) is 42.0 Å². The van der Waals surface area contributed by atoms with Crippen LogP contribution in [0.2, 0.25) is 0 Å². The highest BCUT2D eigenvalue weighted by Gasteiger charge is 2.18. The first kappa shape index (κ1) is 23.6. The molecule has 6 nitrogen and oxygen atoms in total. The number of terminal acetylenes is 1. The fourth-order valence-electron chi connectivity index (χ4n) is 3.17. The Kier molecular flexibility index (Phi) is 9.05. The summed E-state index contributed by atoms with van der Waals surface area (Å²) in [4.78, 5) is 8.78. The quantitative estimate of drug-likeness (QED) is 0.273. The molecule has 0 saturated carbocycles. The number of hydrogen-bond donors (Lipinski definition) is 1. The van der Waals surface area contributed by atoms with Gasteiger partial charge in [-0.25, -0.2) is 9.38 Å². The van der Waals surface area contributed by atoms with Gasteiger partial charge in [-0.2, -0.15) is 0 Å². The lowest BCUT2D eigenvalue weighted by atomic mass is 10.2. The zero-order valence-electron chi connectivity index (χ0n) is 16.9. The van der Waals surface area contributed by atoms with Gasteiger partial charge in [0.15, 0.2) is 17.5 Å². The lowest BCUT2D eigenvalue weighted by molar-refractivity contribution is 0.330. The maximum atomic E-state index is 13.1. The number of rotatable bonds is 6. The molecule has 2 N–H and O–H groups in total. The highest BCUT2D eigenvalue weighted by atomic mass is 127. The number of aliphatic imine (C=N–C) groups is 1. The predicted octanol–water partition coefficient (Wildman–Crippen LogP) is 3.10. The minimum atomic E-state index is -0.227. The van der Waals surface area contributed by atoms with E-state index in [0.29, 0.717) is 24.0 Å². The molecule has 8 heteroatoms. The van der Waals surface area contributed by atoms with Gasteiger partial charge in [-0.15, -0.1) is 30.4 Å². The third-order valence-electron chi connectivity index (χ3n) is 4.76. The Hall–Kier alpha value is -2.67. The molecule has 2 aromatic rings. The highest BCUT2D eigenvalue weighted by molar-refractivity contribution is 14.0. The van der Waals surface area contributed by atoms with Gasteiger partial charge in [0, 0.05) is 31.9 Å². The molecule has 1 aliphatic rings. The molecule has 30 heavy (non-hydrogen) atoms. The molecule has 2 aromatic carbocycles. The minimum absolute atomic E-state index is 0. The van der Waals surface area contributed by atoms with Crippen molar-refractivity contribution in [1.82, 2.24) is 4.90 Å². The van der Waals surface area contributed by atoms with Crippen LogP contribution in [0.15, 0.2) is 47.5 Å². The fourth-order valence-corrected chi connectivity index (χ4v) is 3.17. The van der Waals surface area contributed by atoms with E-state index < -0.39 is 0 Å². The van der Waals surface area contributed by atoms with Gasteiger partial charge in [0.1, 0.15) is 12.4 Å². The molecule has 160 valence electrons. The standard InChI is InChI=1S/C22H25FN4O2.HI/c1-3-14-29-21-15-17(4-9-20(21)28-2)16-25-22(24)27-12-10-26(11-13-27)19-7-5-18(23)6-8-19;/h1,4-9,15H,10-14,16H2,2H3,(H2,24,25);1H. The van der Waals surface area contributed by atoms with E-state index in [4.69, 9.17) is 21.6 Å². The molecule has 0 amide bonds. The molecule has 0 spiro atoms. The SMILES string of the molecule is C#CCOc1cc(CN=C(N)N2CCN(c3ccc(F)cc3)CC2)ccc1OC.I. The van der Waals surface area contributed by atoms with Crippen LogP contribution in [-0.2, 0) is 6.54 Å². The fraction of sp³-hybridized carbons (Fsp3) is 0.318. The van der Waals surface area contributed by atoms with Crippen molar-refractivity contribution in [2.45, 2.75) is 6.54 Å². The Bertz CT molecular complexity index is 891. The summed E-state index contributed by atoms with van der Waals surface area (Å²) in [5.74, 6) is 3.93. The van der Waals surface area contributed by atoms with Crippen LogP contribution in [0.25, 0.3) is 0 Å². The van der Waals surface area contributed by atoms with Gasteiger partial charge < -0.3 is 25.0 Å². The molecule has 0 radical (unpaired) electrons. The van der Waals surface area contributed by atoms with Crippen molar-refractivity contribution in [3.63, 3.8) is 0 Å². The number of benzene rings is 2. The lowest BCUT2D eigenvalue weighted by Gasteiger charge is -2.36. The van der Waals surface area contributed by atoms with E-state index in [-0.39, 0.29) is 36.4 Å². The zero-order valence-corrected chi connectivity index (χ0v) is 19.2. The molecule has 1 saturated heterocycles. The summed E-state index contributed by atoms with van der Waals surface area (Å²) in [6.45, 7) is 3.71. The molecule has 1 aliphatic heterocycles. The maximum absolute atomic E-state index is 13.1. The lowest BCUT2D eigenvalue weighted by Crippen LogP contribution is -2.51. The predicted molar refractivity (Wildman–Crippen MR) is 128 cm³/mol. The summed E-state index contributed by atoms with van der Waals surface area (Å²) in [5, 5.41) is 0. The van der Waals surface area contributed by atoms with E-state index in [9.17, 15) is 4.39 Å². The van der Waals surface area contributed by atoms with Gasteiger partial charge in [-0.3, -0.25) is 0 Å². The second-order valence-electron chi connectivity index (χ2n) is 6.60. The Morgan fingerprint density at radius 2 is 1.83 bits per heavy atom. The van der Waals surface area contributed by atoms with Crippen molar-refractivity contribution in [2.24, 2.45) is 10.7 Å². The molecular weight excluding hydrogens is 498 g/mol. The second kappa shape index (κ2) is 11.5. The number of halogens is 2. The van der Waals surface area contributed by atoms with E-state index in [1.165, 1.54) is 12.1 Å². The van der Waals surface area contributed by atoms with Crippen LogP contribution in [0, 0.1) is 18.2 Å². The monoisotopic (exact) mass is 524 g/mol. The Morgan fingerprint density at radius 1 is 1.13 bits per heavy atom. The number of nitrogens with two attached hydrogens (primary N) is 1. The van der Waals surface area contributed by atoms with Crippen molar-refractivity contribution < 1.29 is 13.9 Å². The Morgan fingerprint density at radius 3 is 2.47 bits per heavy atom. The number of piperazine rings is 1. The van der Waals surface area contributed by atoms with Gasteiger partial charge in [0.2, 0.25) is 0 Å². The van der Waals surface area contributed by atoms with Crippen molar-refractivity contribution in [2.75, 3.05) is 44.8 Å². The largest absolute Gasteiger partial charge is 0.493 e. The normalized spacial score (nSPS) is 14.0. The first-order valence-corrected chi connectivity index (χ1v) is 9.39.